The molecule has 0 radical (unpaired) electrons. The molecule has 29 heavy (non-hydrogen) atoms. The lowest BCUT2D eigenvalue weighted by molar-refractivity contribution is -0.384. The third-order valence-corrected chi connectivity index (χ3v) is 6.04. The van der Waals surface area contributed by atoms with Crippen LogP contribution in [0.5, 0.6) is 0 Å². The summed E-state index contributed by atoms with van der Waals surface area (Å²) >= 11 is 1.57. The predicted octanol–water partition coefficient (Wildman–Crippen LogP) is 6.25. The van der Waals surface area contributed by atoms with Gasteiger partial charge in [-0.2, -0.15) is 0 Å². The van der Waals surface area contributed by atoms with Gasteiger partial charge in [-0.15, -0.1) is 11.3 Å². The third-order valence-electron chi connectivity index (χ3n) is 5.17. The Labute approximate surface area is 173 Å². The number of hydrogen-bond acceptors (Lipinski definition) is 4. The summed E-state index contributed by atoms with van der Waals surface area (Å²) < 4.78 is 2.20. The molecule has 0 amide bonds. The van der Waals surface area contributed by atoms with E-state index in [1.54, 1.807) is 23.5 Å². The van der Waals surface area contributed by atoms with E-state index in [1.165, 1.54) is 37.3 Å². The molecule has 2 aromatic carbocycles. The number of nitro groups is 1. The van der Waals surface area contributed by atoms with Gasteiger partial charge in [0.05, 0.1) is 16.3 Å². The van der Waals surface area contributed by atoms with E-state index >= 15 is 0 Å². The van der Waals surface area contributed by atoms with Crippen molar-refractivity contribution in [3.63, 3.8) is 0 Å². The summed E-state index contributed by atoms with van der Waals surface area (Å²) in [6.07, 6.45) is 8.24. The Kier molecular flexibility index (Phi) is 6.00. The number of para-hydroxylation sites is 1. The molecule has 0 saturated carbocycles. The lowest BCUT2D eigenvalue weighted by atomic mass is 9.97. The number of nitro benzene ring substituents is 1. The molecular formula is C23H23N3O2S. The third kappa shape index (κ3) is 4.71. The minimum Gasteiger partial charge on any atom is -0.316 e. The van der Waals surface area contributed by atoms with Gasteiger partial charge in [0.15, 0.2) is 4.80 Å². The van der Waals surface area contributed by atoms with Crippen LogP contribution in [0.3, 0.4) is 0 Å². The summed E-state index contributed by atoms with van der Waals surface area (Å²) in [4.78, 5) is 16.6. The number of benzene rings is 2. The number of aromatic nitrogens is 1. The van der Waals surface area contributed by atoms with Gasteiger partial charge in [-0.25, -0.2) is 4.99 Å². The van der Waals surface area contributed by atoms with Gasteiger partial charge in [0, 0.05) is 29.6 Å². The van der Waals surface area contributed by atoms with Crippen molar-refractivity contribution in [2.24, 2.45) is 4.99 Å². The van der Waals surface area contributed by atoms with Crippen molar-refractivity contribution in [3.05, 3.63) is 86.5 Å². The summed E-state index contributed by atoms with van der Waals surface area (Å²) in [7, 11) is 0. The Morgan fingerprint density at radius 2 is 1.97 bits per heavy atom. The average molecular weight is 406 g/mol. The highest BCUT2D eigenvalue weighted by molar-refractivity contribution is 7.07. The number of hydrogen-bond donors (Lipinski definition) is 0. The van der Waals surface area contributed by atoms with E-state index in [1.807, 2.05) is 36.4 Å². The van der Waals surface area contributed by atoms with Crippen molar-refractivity contribution in [1.82, 2.24) is 4.57 Å². The molecule has 1 aliphatic carbocycles. The molecule has 0 bridgehead atoms. The van der Waals surface area contributed by atoms with Gasteiger partial charge in [-0.05, 0) is 44.2 Å². The zero-order chi connectivity index (χ0) is 20.1. The van der Waals surface area contributed by atoms with E-state index < -0.39 is 0 Å². The number of rotatable bonds is 6. The molecule has 1 aliphatic rings. The minimum atomic E-state index is -0.345. The van der Waals surface area contributed by atoms with Crippen molar-refractivity contribution in [1.29, 1.82) is 0 Å². The van der Waals surface area contributed by atoms with Gasteiger partial charge in [-0.3, -0.25) is 10.1 Å². The number of nitrogens with zero attached hydrogens (tertiary/aromatic N) is 3. The number of non-ortho nitro benzene ring substituents is 1. The van der Waals surface area contributed by atoms with Gasteiger partial charge in [0.1, 0.15) is 0 Å². The predicted molar refractivity (Wildman–Crippen MR) is 117 cm³/mol. The van der Waals surface area contributed by atoms with Crippen LogP contribution in [0.15, 0.2) is 76.6 Å². The van der Waals surface area contributed by atoms with E-state index in [2.05, 4.69) is 16.0 Å². The maximum Gasteiger partial charge on any atom is 0.270 e. The molecule has 0 atom stereocenters. The Hall–Kier alpha value is -2.99. The highest BCUT2D eigenvalue weighted by Gasteiger charge is 2.13. The second-order valence-electron chi connectivity index (χ2n) is 7.17. The summed E-state index contributed by atoms with van der Waals surface area (Å²) in [5.74, 6) is 0. The van der Waals surface area contributed by atoms with Crippen molar-refractivity contribution in [3.8, 4) is 11.3 Å². The standard InChI is InChI=1S/C23H23N3O2S/c27-26(28)21-13-7-10-19(16-21)22-17-29-23(24-20-11-5-2-6-12-20)25(22)15-14-18-8-3-1-4-9-18/h2,5-8,10-13,16-17H,1,3-4,9,14-15H2. The second kappa shape index (κ2) is 9.01. The Morgan fingerprint density at radius 1 is 1.10 bits per heavy atom. The van der Waals surface area contributed by atoms with Crippen molar-refractivity contribution in [2.45, 2.75) is 38.6 Å². The molecule has 0 spiro atoms. The van der Waals surface area contributed by atoms with E-state index in [9.17, 15) is 10.1 Å². The molecule has 0 fully saturated rings. The first-order valence-corrected chi connectivity index (χ1v) is 10.8. The largest absolute Gasteiger partial charge is 0.316 e. The second-order valence-corrected chi connectivity index (χ2v) is 8.00. The van der Waals surface area contributed by atoms with E-state index in [0.717, 1.165) is 34.7 Å². The lowest BCUT2D eigenvalue weighted by Crippen LogP contribution is -2.16. The normalized spacial score (nSPS) is 14.6. The SMILES string of the molecule is O=[N+]([O-])c1cccc(-c2csc(=Nc3ccccc3)n2CCC2=CCCCC2)c1. The highest BCUT2D eigenvalue weighted by Crippen LogP contribution is 2.26. The van der Waals surface area contributed by atoms with E-state index in [-0.39, 0.29) is 10.6 Å². The maximum atomic E-state index is 11.2. The molecule has 0 unspecified atom stereocenters. The molecule has 0 N–H and O–H groups in total. The minimum absolute atomic E-state index is 0.108. The topological polar surface area (TPSA) is 60.4 Å². The molecule has 5 nitrogen and oxygen atoms in total. The Bertz CT molecular complexity index is 1100. The first-order valence-electron chi connectivity index (χ1n) is 9.91. The summed E-state index contributed by atoms with van der Waals surface area (Å²) in [6, 6.07) is 16.8. The van der Waals surface area contributed by atoms with Crippen LogP contribution in [0, 0.1) is 10.1 Å². The van der Waals surface area contributed by atoms with Crippen LogP contribution in [0.2, 0.25) is 0 Å². The van der Waals surface area contributed by atoms with E-state index in [4.69, 9.17) is 4.99 Å². The summed E-state index contributed by atoms with van der Waals surface area (Å²) in [5, 5.41) is 13.3. The van der Waals surface area contributed by atoms with Gasteiger partial charge < -0.3 is 4.57 Å². The first kappa shape index (κ1) is 19.3. The summed E-state index contributed by atoms with van der Waals surface area (Å²) in [6.45, 7) is 0.818. The molecule has 0 aliphatic heterocycles. The number of thiazole rings is 1. The molecule has 148 valence electrons. The van der Waals surface area contributed by atoms with Gasteiger partial charge in [-0.1, -0.05) is 42.0 Å². The maximum absolute atomic E-state index is 11.2. The molecule has 3 aromatic rings. The van der Waals surface area contributed by atoms with Crippen LogP contribution in [-0.4, -0.2) is 9.49 Å². The highest BCUT2D eigenvalue weighted by atomic mass is 32.1. The van der Waals surface area contributed by atoms with Crippen molar-refractivity contribution in [2.75, 3.05) is 0 Å². The molecule has 1 heterocycles. The number of allylic oxidation sites excluding steroid dienone is 2. The quantitative estimate of drug-likeness (QED) is 0.276. The van der Waals surface area contributed by atoms with Crippen LogP contribution in [0.4, 0.5) is 11.4 Å². The Balaban J connectivity index is 1.74. The fourth-order valence-electron chi connectivity index (χ4n) is 3.64. The molecule has 1 aromatic heterocycles. The molecule has 0 saturated heterocycles. The van der Waals surface area contributed by atoms with Crippen molar-refractivity contribution >= 4 is 22.7 Å². The zero-order valence-electron chi connectivity index (χ0n) is 16.2. The van der Waals surface area contributed by atoms with Crippen LogP contribution < -0.4 is 4.80 Å². The average Bonchev–Trinajstić information content (AvgIpc) is 3.16. The molecule has 4 rings (SSSR count). The monoisotopic (exact) mass is 405 g/mol. The Morgan fingerprint density at radius 3 is 2.72 bits per heavy atom. The van der Waals surface area contributed by atoms with Crippen LogP contribution >= 0.6 is 11.3 Å². The lowest BCUT2D eigenvalue weighted by Gasteiger charge is -2.14. The van der Waals surface area contributed by atoms with Gasteiger partial charge in [0.2, 0.25) is 0 Å². The summed E-state index contributed by atoms with van der Waals surface area (Å²) in [5.41, 5.74) is 4.35. The molecule has 6 heteroatoms. The smallest absolute Gasteiger partial charge is 0.270 e. The first-order chi connectivity index (χ1) is 14.2. The van der Waals surface area contributed by atoms with Gasteiger partial charge >= 0.3 is 0 Å². The van der Waals surface area contributed by atoms with Crippen molar-refractivity contribution < 1.29 is 4.92 Å². The zero-order valence-corrected chi connectivity index (χ0v) is 17.0. The molecular weight excluding hydrogens is 382 g/mol. The van der Waals surface area contributed by atoms with Crippen LogP contribution in [-0.2, 0) is 6.54 Å². The van der Waals surface area contributed by atoms with Crippen LogP contribution in [0.25, 0.3) is 11.3 Å². The fourth-order valence-corrected chi connectivity index (χ4v) is 4.60. The van der Waals surface area contributed by atoms with E-state index in [0.29, 0.717) is 0 Å². The van der Waals surface area contributed by atoms with Gasteiger partial charge in [0.25, 0.3) is 5.69 Å². The fraction of sp³-hybridized carbons (Fsp3) is 0.261. The van der Waals surface area contributed by atoms with Crippen LogP contribution in [0.1, 0.15) is 32.1 Å².